The van der Waals surface area contributed by atoms with Crippen LogP contribution in [0.2, 0.25) is 0 Å². The summed E-state index contributed by atoms with van der Waals surface area (Å²) in [5.41, 5.74) is 1.84. The van der Waals surface area contributed by atoms with Gasteiger partial charge in [0.15, 0.2) is 0 Å². The first kappa shape index (κ1) is 12.0. The number of benzene rings is 1. The van der Waals surface area contributed by atoms with Crippen molar-refractivity contribution in [3.63, 3.8) is 0 Å². The van der Waals surface area contributed by atoms with Gasteiger partial charge < -0.3 is 10.4 Å². The second kappa shape index (κ2) is 4.58. The molecule has 2 N–H and O–H groups in total. The van der Waals surface area contributed by atoms with Gasteiger partial charge in [0.1, 0.15) is 5.75 Å². The van der Waals surface area contributed by atoms with Crippen LogP contribution in [0.15, 0.2) is 24.3 Å². The fraction of sp³-hybridized carbons (Fsp3) is 0.625. The number of fused-ring (bicyclic) bond motifs is 2. The summed E-state index contributed by atoms with van der Waals surface area (Å²) in [5.74, 6) is 2.25. The van der Waals surface area contributed by atoms with Gasteiger partial charge in [-0.05, 0) is 67.7 Å². The summed E-state index contributed by atoms with van der Waals surface area (Å²) in [6, 6.07) is 7.79. The van der Waals surface area contributed by atoms with E-state index in [0.717, 1.165) is 24.8 Å². The van der Waals surface area contributed by atoms with E-state index in [-0.39, 0.29) is 0 Å². The summed E-state index contributed by atoms with van der Waals surface area (Å²) < 4.78 is 0. The summed E-state index contributed by atoms with van der Waals surface area (Å²) in [6.07, 6.45) is 6.87. The first-order chi connectivity index (χ1) is 8.72. The Morgan fingerprint density at radius 2 is 2.06 bits per heavy atom. The van der Waals surface area contributed by atoms with E-state index in [1.54, 1.807) is 0 Å². The molecule has 0 aliphatic heterocycles. The van der Waals surface area contributed by atoms with Crippen LogP contribution in [0.5, 0.6) is 5.75 Å². The van der Waals surface area contributed by atoms with Gasteiger partial charge in [-0.1, -0.05) is 18.6 Å². The second-order valence-electron chi connectivity index (χ2n) is 6.32. The third-order valence-electron chi connectivity index (χ3n) is 5.12. The molecular weight excluding hydrogens is 222 g/mol. The van der Waals surface area contributed by atoms with E-state index in [2.05, 4.69) is 24.5 Å². The zero-order valence-corrected chi connectivity index (χ0v) is 11.2. The van der Waals surface area contributed by atoms with Gasteiger partial charge in [0, 0.05) is 6.54 Å². The van der Waals surface area contributed by atoms with Crippen molar-refractivity contribution in [3.8, 4) is 5.75 Å². The second-order valence-corrected chi connectivity index (χ2v) is 6.32. The topological polar surface area (TPSA) is 32.3 Å². The molecule has 3 rings (SSSR count). The molecule has 2 heteroatoms. The van der Waals surface area contributed by atoms with E-state index in [1.165, 1.54) is 31.2 Å². The zero-order valence-electron chi connectivity index (χ0n) is 11.2. The Kier molecular flexibility index (Phi) is 3.06. The van der Waals surface area contributed by atoms with E-state index in [1.807, 2.05) is 12.1 Å². The fourth-order valence-corrected chi connectivity index (χ4v) is 4.43. The standard InChI is InChI=1S/C16H23NO/c1-17-11-16(10-13-2-5-14(16)8-13)9-12-3-6-15(18)7-4-12/h3-4,6-7,13-14,17-18H,2,5,8-11H2,1H3. The lowest BCUT2D eigenvalue weighted by atomic mass is 9.69. The maximum absolute atomic E-state index is 9.38. The Morgan fingerprint density at radius 1 is 1.28 bits per heavy atom. The molecule has 3 atom stereocenters. The molecule has 98 valence electrons. The molecule has 18 heavy (non-hydrogen) atoms. The highest BCUT2D eigenvalue weighted by Crippen LogP contribution is 2.57. The van der Waals surface area contributed by atoms with E-state index in [0.29, 0.717) is 11.2 Å². The molecule has 2 aliphatic rings. The summed E-state index contributed by atoms with van der Waals surface area (Å²) in [6.45, 7) is 1.13. The predicted octanol–water partition coefficient (Wildman–Crippen LogP) is 2.96. The number of nitrogens with one attached hydrogen (secondary N) is 1. The summed E-state index contributed by atoms with van der Waals surface area (Å²) in [4.78, 5) is 0. The van der Waals surface area contributed by atoms with Crippen LogP contribution in [0.4, 0.5) is 0 Å². The van der Waals surface area contributed by atoms with Crippen molar-refractivity contribution in [1.29, 1.82) is 0 Å². The zero-order chi connectivity index (χ0) is 12.6. The van der Waals surface area contributed by atoms with Gasteiger partial charge in [-0.3, -0.25) is 0 Å². The van der Waals surface area contributed by atoms with E-state index in [9.17, 15) is 5.11 Å². The Hall–Kier alpha value is -1.02. The minimum Gasteiger partial charge on any atom is -0.508 e. The molecule has 2 saturated carbocycles. The summed E-state index contributed by atoms with van der Waals surface area (Å²) in [7, 11) is 2.07. The van der Waals surface area contributed by atoms with Crippen LogP contribution in [-0.2, 0) is 6.42 Å². The Morgan fingerprint density at radius 3 is 2.61 bits per heavy atom. The highest BCUT2D eigenvalue weighted by atomic mass is 16.3. The van der Waals surface area contributed by atoms with Crippen LogP contribution >= 0.6 is 0 Å². The van der Waals surface area contributed by atoms with Gasteiger partial charge >= 0.3 is 0 Å². The number of rotatable bonds is 4. The van der Waals surface area contributed by atoms with E-state index in [4.69, 9.17) is 0 Å². The first-order valence-corrected chi connectivity index (χ1v) is 7.14. The van der Waals surface area contributed by atoms with Crippen molar-refractivity contribution < 1.29 is 5.11 Å². The number of hydrogen-bond acceptors (Lipinski definition) is 2. The SMILES string of the molecule is CNCC1(Cc2ccc(O)cc2)CC2CCC1C2. The van der Waals surface area contributed by atoms with Crippen molar-refractivity contribution in [1.82, 2.24) is 5.32 Å². The van der Waals surface area contributed by atoms with Gasteiger partial charge in [0.2, 0.25) is 0 Å². The lowest BCUT2D eigenvalue weighted by Gasteiger charge is -2.38. The van der Waals surface area contributed by atoms with Gasteiger partial charge in [0.25, 0.3) is 0 Å². The van der Waals surface area contributed by atoms with E-state index < -0.39 is 0 Å². The molecule has 2 fully saturated rings. The first-order valence-electron chi connectivity index (χ1n) is 7.14. The molecule has 0 spiro atoms. The van der Waals surface area contributed by atoms with Crippen LogP contribution in [0.25, 0.3) is 0 Å². The molecule has 2 aliphatic carbocycles. The number of hydrogen-bond donors (Lipinski definition) is 2. The average Bonchev–Trinajstić information content (AvgIpc) is 2.93. The quantitative estimate of drug-likeness (QED) is 0.854. The maximum atomic E-state index is 9.38. The van der Waals surface area contributed by atoms with Crippen LogP contribution in [0.1, 0.15) is 31.2 Å². The molecule has 0 radical (unpaired) electrons. The molecule has 2 nitrogen and oxygen atoms in total. The Bertz CT molecular complexity index is 414. The van der Waals surface area contributed by atoms with Gasteiger partial charge in [0.05, 0.1) is 0 Å². The smallest absolute Gasteiger partial charge is 0.115 e. The van der Waals surface area contributed by atoms with Crippen LogP contribution in [0, 0.1) is 17.3 Å². The average molecular weight is 245 g/mol. The predicted molar refractivity (Wildman–Crippen MR) is 73.6 cm³/mol. The molecule has 0 heterocycles. The lowest BCUT2D eigenvalue weighted by molar-refractivity contribution is 0.160. The molecule has 3 unspecified atom stereocenters. The highest BCUT2D eigenvalue weighted by molar-refractivity contribution is 5.27. The maximum Gasteiger partial charge on any atom is 0.115 e. The van der Waals surface area contributed by atoms with Crippen LogP contribution in [0.3, 0.4) is 0 Å². The highest BCUT2D eigenvalue weighted by Gasteiger charge is 2.50. The monoisotopic (exact) mass is 245 g/mol. The van der Waals surface area contributed by atoms with Crippen LogP contribution < -0.4 is 5.32 Å². The molecule has 1 aromatic carbocycles. The number of phenolic OH excluding ortho intramolecular Hbond substituents is 1. The normalized spacial score (nSPS) is 34.1. The van der Waals surface area contributed by atoms with Crippen LogP contribution in [-0.4, -0.2) is 18.7 Å². The summed E-state index contributed by atoms with van der Waals surface area (Å²) in [5, 5.41) is 12.8. The minimum absolute atomic E-state index is 0.370. The molecule has 0 saturated heterocycles. The minimum atomic E-state index is 0.370. The number of phenols is 1. The molecule has 1 aromatic rings. The molecular formula is C16H23NO. The Labute approximate surface area is 109 Å². The molecule has 0 aromatic heterocycles. The largest absolute Gasteiger partial charge is 0.508 e. The van der Waals surface area contributed by atoms with Crippen molar-refractivity contribution in [2.24, 2.45) is 17.3 Å². The fourth-order valence-electron chi connectivity index (χ4n) is 4.43. The van der Waals surface area contributed by atoms with Gasteiger partial charge in [-0.15, -0.1) is 0 Å². The third kappa shape index (κ3) is 2.03. The summed E-state index contributed by atoms with van der Waals surface area (Å²) >= 11 is 0. The van der Waals surface area contributed by atoms with Crippen molar-refractivity contribution in [3.05, 3.63) is 29.8 Å². The van der Waals surface area contributed by atoms with Crippen molar-refractivity contribution in [2.45, 2.75) is 32.1 Å². The number of aromatic hydroxyl groups is 1. The molecule has 0 amide bonds. The van der Waals surface area contributed by atoms with Crippen molar-refractivity contribution in [2.75, 3.05) is 13.6 Å². The van der Waals surface area contributed by atoms with Gasteiger partial charge in [-0.25, -0.2) is 0 Å². The Balaban J connectivity index is 1.80. The third-order valence-corrected chi connectivity index (χ3v) is 5.12. The molecule has 2 bridgehead atoms. The van der Waals surface area contributed by atoms with Gasteiger partial charge in [-0.2, -0.15) is 0 Å². The van der Waals surface area contributed by atoms with E-state index >= 15 is 0 Å². The van der Waals surface area contributed by atoms with Crippen molar-refractivity contribution >= 4 is 0 Å². The lowest BCUT2D eigenvalue weighted by Crippen LogP contribution is -2.39.